The summed E-state index contributed by atoms with van der Waals surface area (Å²) in [5, 5.41) is 0. The average Bonchev–Trinajstić information content (AvgIpc) is 2.87. The third kappa shape index (κ3) is 2.14. The molecule has 4 rings (SSSR count). The first-order valence-electron chi connectivity index (χ1n) is 7.01. The fourth-order valence-electron chi connectivity index (χ4n) is 2.59. The largest absolute Gasteiger partial charge is 0.350 e. The molecule has 1 aromatic carbocycles. The minimum atomic E-state index is -0.731. The van der Waals surface area contributed by atoms with Crippen LogP contribution in [0.15, 0.2) is 42.7 Å². The molecular weight excluding hydrogens is 267 g/mol. The van der Waals surface area contributed by atoms with Gasteiger partial charge in [0.2, 0.25) is 5.78 Å². The van der Waals surface area contributed by atoms with E-state index in [0.717, 1.165) is 17.1 Å². The van der Waals surface area contributed by atoms with Gasteiger partial charge in [0, 0.05) is 18.0 Å². The molecule has 2 aromatic heterocycles. The predicted octanol–water partition coefficient (Wildman–Crippen LogP) is 2.86. The number of alkyl halides is 1. The first-order chi connectivity index (χ1) is 10.2. The van der Waals surface area contributed by atoms with Crippen LogP contribution in [0.1, 0.15) is 5.56 Å². The van der Waals surface area contributed by atoms with Crippen molar-refractivity contribution in [3.8, 4) is 11.3 Å². The number of halogens is 1. The van der Waals surface area contributed by atoms with Gasteiger partial charge in [0.1, 0.15) is 12.0 Å². The van der Waals surface area contributed by atoms with Crippen LogP contribution in [-0.2, 0) is 0 Å². The van der Waals surface area contributed by atoms with Crippen LogP contribution in [0.5, 0.6) is 0 Å². The highest BCUT2D eigenvalue weighted by molar-refractivity contribution is 5.63. The molecule has 0 unspecified atom stereocenters. The van der Waals surface area contributed by atoms with Crippen molar-refractivity contribution in [2.75, 3.05) is 18.0 Å². The molecule has 1 saturated heterocycles. The van der Waals surface area contributed by atoms with Gasteiger partial charge < -0.3 is 4.90 Å². The number of hydrogen-bond donors (Lipinski definition) is 0. The van der Waals surface area contributed by atoms with Gasteiger partial charge in [-0.1, -0.05) is 23.8 Å². The molecule has 0 atom stereocenters. The second-order valence-corrected chi connectivity index (χ2v) is 5.49. The van der Waals surface area contributed by atoms with Crippen molar-refractivity contribution in [1.82, 2.24) is 14.4 Å². The average molecular weight is 282 g/mol. The lowest BCUT2D eigenvalue weighted by Crippen LogP contribution is -2.48. The fraction of sp³-hybridized carbons (Fsp3) is 0.250. The minimum absolute atomic E-state index is 0.425. The lowest BCUT2D eigenvalue weighted by atomic mass is 10.1. The minimum Gasteiger partial charge on any atom is -0.350 e. The number of aryl methyl sites for hydroxylation is 1. The van der Waals surface area contributed by atoms with Gasteiger partial charge in [0.15, 0.2) is 0 Å². The van der Waals surface area contributed by atoms with E-state index >= 15 is 0 Å². The van der Waals surface area contributed by atoms with Crippen LogP contribution >= 0.6 is 0 Å². The van der Waals surface area contributed by atoms with Crippen molar-refractivity contribution >= 4 is 11.6 Å². The number of anilines is 1. The quantitative estimate of drug-likeness (QED) is 0.724. The Hall–Kier alpha value is -2.43. The van der Waals surface area contributed by atoms with Gasteiger partial charge in [-0.2, -0.15) is 4.98 Å². The Labute approximate surface area is 121 Å². The fourth-order valence-corrected chi connectivity index (χ4v) is 2.59. The molecule has 4 nitrogen and oxygen atoms in total. The van der Waals surface area contributed by atoms with Crippen molar-refractivity contribution in [1.29, 1.82) is 0 Å². The van der Waals surface area contributed by atoms with Crippen LogP contribution in [0, 0.1) is 6.92 Å². The van der Waals surface area contributed by atoms with Gasteiger partial charge in [-0.3, -0.25) is 4.40 Å². The highest BCUT2D eigenvalue weighted by Gasteiger charge is 2.27. The highest BCUT2D eigenvalue weighted by atomic mass is 19.1. The Bertz CT molecular complexity index is 805. The SMILES string of the molecule is Cc1cccc(-c2cn3ccc(N4CC(F)C4)nc3n2)c1. The van der Waals surface area contributed by atoms with Gasteiger partial charge >= 0.3 is 0 Å². The molecule has 0 saturated carbocycles. The third-order valence-electron chi connectivity index (χ3n) is 3.79. The highest BCUT2D eigenvalue weighted by Crippen LogP contribution is 2.23. The number of aromatic nitrogens is 3. The first-order valence-corrected chi connectivity index (χ1v) is 7.01. The van der Waals surface area contributed by atoms with Crippen molar-refractivity contribution in [3.63, 3.8) is 0 Å². The first kappa shape index (κ1) is 12.3. The summed E-state index contributed by atoms with van der Waals surface area (Å²) in [6, 6.07) is 10.1. The number of benzene rings is 1. The molecule has 0 radical (unpaired) electrons. The molecule has 5 heteroatoms. The van der Waals surface area contributed by atoms with Crippen molar-refractivity contribution < 1.29 is 4.39 Å². The van der Waals surface area contributed by atoms with Crippen LogP contribution in [0.4, 0.5) is 10.2 Å². The standard InChI is InChI=1S/C16H15FN4/c1-11-3-2-4-12(7-11)14-10-20-6-5-15(19-16(20)18-14)21-8-13(17)9-21/h2-7,10,13H,8-9H2,1H3. The molecule has 3 aromatic rings. The molecule has 3 heterocycles. The van der Waals surface area contributed by atoms with Crippen LogP contribution in [0.2, 0.25) is 0 Å². The monoisotopic (exact) mass is 282 g/mol. The van der Waals surface area contributed by atoms with Crippen LogP contribution in [0.25, 0.3) is 17.0 Å². The summed E-state index contributed by atoms with van der Waals surface area (Å²) < 4.78 is 14.8. The molecule has 0 N–H and O–H groups in total. The zero-order valence-electron chi connectivity index (χ0n) is 11.7. The Balaban J connectivity index is 1.73. The maximum Gasteiger partial charge on any atom is 0.236 e. The zero-order chi connectivity index (χ0) is 14.4. The van der Waals surface area contributed by atoms with E-state index in [1.807, 2.05) is 39.9 Å². The van der Waals surface area contributed by atoms with Gasteiger partial charge in [-0.25, -0.2) is 9.37 Å². The van der Waals surface area contributed by atoms with E-state index in [1.165, 1.54) is 5.56 Å². The lowest BCUT2D eigenvalue weighted by Gasteiger charge is -2.35. The van der Waals surface area contributed by atoms with Gasteiger partial charge in [-0.05, 0) is 19.1 Å². The smallest absolute Gasteiger partial charge is 0.236 e. The summed E-state index contributed by atoms with van der Waals surface area (Å²) in [5.74, 6) is 1.43. The van der Waals surface area contributed by atoms with Crippen molar-refractivity contribution in [3.05, 3.63) is 48.3 Å². The molecule has 1 fully saturated rings. The zero-order valence-corrected chi connectivity index (χ0v) is 11.7. The van der Waals surface area contributed by atoms with E-state index in [0.29, 0.717) is 18.9 Å². The molecule has 0 amide bonds. The number of rotatable bonds is 2. The molecule has 1 aliphatic heterocycles. The third-order valence-corrected chi connectivity index (χ3v) is 3.79. The molecular formula is C16H15FN4. The van der Waals surface area contributed by atoms with E-state index < -0.39 is 6.17 Å². The summed E-state index contributed by atoms with van der Waals surface area (Å²) in [6.07, 6.45) is 3.16. The maximum absolute atomic E-state index is 12.9. The van der Waals surface area contributed by atoms with Crippen molar-refractivity contribution in [2.45, 2.75) is 13.1 Å². The Kier molecular flexibility index (Phi) is 2.67. The summed E-state index contributed by atoms with van der Waals surface area (Å²) in [7, 11) is 0. The number of fused-ring (bicyclic) bond motifs is 1. The summed E-state index contributed by atoms with van der Waals surface area (Å²) in [6.45, 7) is 2.91. The molecule has 21 heavy (non-hydrogen) atoms. The molecule has 0 bridgehead atoms. The molecule has 106 valence electrons. The second-order valence-electron chi connectivity index (χ2n) is 5.49. The molecule has 1 aliphatic rings. The molecule has 0 spiro atoms. The topological polar surface area (TPSA) is 33.4 Å². The van der Waals surface area contributed by atoms with Crippen LogP contribution in [0.3, 0.4) is 0 Å². The summed E-state index contributed by atoms with van der Waals surface area (Å²) in [4.78, 5) is 11.0. The van der Waals surface area contributed by atoms with E-state index in [1.54, 1.807) is 0 Å². The Morgan fingerprint density at radius 2 is 2.05 bits per heavy atom. The van der Waals surface area contributed by atoms with Crippen molar-refractivity contribution in [2.24, 2.45) is 0 Å². The normalized spacial score (nSPS) is 15.4. The maximum atomic E-state index is 12.9. The van der Waals surface area contributed by atoms with Gasteiger partial charge in [0.05, 0.1) is 18.8 Å². The Morgan fingerprint density at radius 3 is 2.81 bits per heavy atom. The van der Waals surface area contributed by atoms with E-state index in [2.05, 4.69) is 29.0 Å². The number of nitrogens with zero attached hydrogens (tertiary/aromatic N) is 4. The number of hydrogen-bond acceptors (Lipinski definition) is 3. The summed E-state index contributed by atoms with van der Waals surface area (Å²) >= 11 is 0. The van der Waals surface area contributed by atoms with Crippen LogP contribution < -0.4 is 4.90 Å². The van der Waals surface area contributed by atoms with E-state index in [4.69, 9.17) is 0 Å². The lowest BCUT2D eigenvalue weighted by molar-refractivity contribution is 0.273. The molecule has 0 aliphatic carbocycles. The summed E-state index contributed by atoms with van der Waals surface area (Å²) in [5.41, 5.74) is 3.18. The Morgan fingerprint density at radius 1 is 1.19 bits per heavy atom. The van der Waals surface area contributed by atoms with E-state index in [-0.39, 0.29) is 0 Å². The van der Waals surface area contributed by atoms with Gasteiger partial charge in [0.25, 0.3) is 0 Å². The predicted molar refractivity (Wildman–Crippen MR) is 80.3 cm³/mol. The van der Waals surface area contributed by atoms with Crippen LogP contribution in [-0.4, -0.2) is 33.6 Å². The van der Waals surface area contributed by atoms with Gasteiger partial charge in [-0.15, -0.1) is 0 Å². The second kappa shape index (κ2) is 4.55. The number of imidazole rings is 1. The van der Waals surface area contributed by atoms with E-state index in [9.17, 15) is 4.39 Å².